The van der Waals surface area contributed by atoms with Crippen LogP contribution in [-0.2, 0) is 14.6 Å². The lowest BCUT2D eigenvalue weighted by Gasteiger charge is -2.23. The van der Waals surface area contributed by atoms with Gasteiger partial charge in [0.1, 0.15) is 0 Å². The first kappa shape index (κ1) is 14.3. The van der Waals surface area contributed by atoms with Gasteiger partial charge in [0.25, 0.3) is 0 Å². The zero-order chi connectivity index (χ0) is 13.1. The summed E-state index contributed by atoms with van der Waals surface area (Å²) in [5.41, 5.74) is 0.182. The van der Waals surface area contributed by atoms with Gasteiger partial charge in [-0.05, 0) is 25.7 Å². The van der Waals surface area contributed by atoms with E-state index < -0.39 is 9.84 Å². The van der Waals surface area contributed by atoms with Gasteiger partial charge in [0, 0.05) is 18.8 Å². The smallest absolute Gasteiger partial charge is 0.151 e. The molecule has 1 spiro atoms. The number of nitrogens with one attached hydrogen (secondary N) is 1. The van der Waals surface area contributed by atoms with Crippen molar-refractivity contribution in [2.75, 3.05) is 24.6 Å². The molecular formula is C13H25NO3S. The fourth-order valence-corrected chi connectivity index (χ4v) is 3.81. The maximum absolute atomic E-state index is 11.3. The molecule has 0 aromatic heterocycles. The molecule has 0 aromatic carbocycles. The molecule has 1 unspecified atom stereocenters. The first-order valence-corrected chi connectivity index (χ1v) is 8.96. The van der Waals surface area contributed by atoms with Crippen molar-refractivity contribution >= 4 is 9.84 Å². The van der Waals surface area contributed by atoms with E-state index in [-0.39, 0.29) is 23.2 Å². The molecule has 0 bridgehead atoms. The summed E-state index contributed by atoms with van der Waals surface area (Å²) in [5, 5.41) is 3.22. The molecule has 1 aliphatic heterocycles. The predicted molar refractivity (Wildman–Crippen MR) is 72.5 cm³/mol. The van der Waals surface area contributed by atoms with Crippen LogP contribution < -0.4 is 5.32 Å². The van der Waals surface area contributed by atoms with Crippen LogP contribution in [0.4, 0.5) is 0 Å². The van der Waals surface area contributed by atoms with Gasteiger partial charge in [0.15, 0.2) is 9.84 Å². The van der Waals surface area contributed by atoms with Gasteiger partial charge in [0.2, 0.25) is 0 Å². The van der Waals surface area contributed by atoms with Crippen molar-refractivity contribution in [1.29, 1.82) is 0 Å². The molecule has 1 atom stereocenters. The highest BCUT2D eigenvalue weighted by Gasteiger charge is 2.41. The third-order valence-corrected chi connectivity index (χ3v) is 5.96. The largest absolute Gasteiger partial charge is 0.370 e. The predicted octanol–water partition coefficient (Wildman–Crippen LogP) is 1.50. The van der Waals surface area contributed by atoms with E-state index in [4.69, 9.17) is 4.74 Å². The normalized spacial score (nSPS) is 27.1. The standard InChI is InChI=1S/C13H25NO3S/c1-2-18(15,16)10-9-14-11-12-5-8-13(17-12)6-3-4-7-13/h12,14H,2-11H2,1H3. The molecule has 2 fully saturated rings. The van der Waals surface area contributed by atoms with E-state index in [2.05, 4.69) is 5.32 Å². The average Bonchev–Trinajstić information content (AvgIpc) is 2.96. The highest BCUT2D eigenvalue weighted by atomic mass is 32.2. The van der Waals surface area contributed by atoms with Crippen molar-refractivity contribution in [3.63, 3.8) is 0 Å². The van der Waals surface area contributed by atoms with E-state index in [0.717, 1.165) is 13.0 Å². The second-order valence-electron chi connectivity index (χ2n) is 5.61. The number of sulfone groups is 1. The van der Waals surface area contributed by atoms with Crippen LogP contribution in [0.15, 0.2) is 0 Å². The molecule has 0 aromatic rings. The molecule has 1 aliphatic carbocycles. The molecule has 106 valence electrons. The maximum atomic E-state index is 11.3. The summed E-state index contributed by atoms with van der Waals surface area (Å²) in [4.78, 5) is 0. The molecule has 1 N–H and O–H groups in total. The minimum Gasteiger partial charge on any atom is -0.370 e. The summed E-state index contributed by atoms with van der Waals surface area (Å²) >= 11 is 0. The molecule has 2 aliphatic rings. The lowest BCUT2D eigenvalue weighted by Crippen LogP contribution is -2.33. The Hall–Kier alpha value is -0.130. The molecule has 18 heavy (non-hydrogen) atoms. The van der Waals surface area contributed by atoms with Crippen molar-refractivity contribution in [2.24, 2.45) is 0 Å². The molecule has 2 rings (SSSR count). The van der Waals surface area contributed by atoms with Crippen LogP contribution >= 0.6 is 0 Å². The topological polar surface area (TPSA) is 55.4 Å². The second kappa shape index (κ2) is 5.88. The molecule has 0 amide bonds. The van der Waals surface area contributed by atoms with Crippen molar-refractivity contribution in [1.82, 2.24) is 5.32 Å². The number of hydrogen-bond acceptors (Lipinski definition) is 4. The number of ether oxygens (including phenoxy) is 1. The van der Waals surface area contributed by atoms with Crippen LogP contribution in [0.1, 0.15) is 45.4 Å². The van der Waals surface area contributed by atoms with E-state index in [1.54, 1.807) is 6.92 Å². The van der Waals surface area contributed by atoms with Gasteiger partial charge < -0.3 is 10.1 Å². The van der Waals surface area contributed by atoms with Crippen LogP contribution in [0.3, 0.4) is 0 Å². The number of hydrogen-bond donors (Lipinski definition) is 1. The van der Waals surface area contributed by atoms with Gasteiger partial charge >= 0.3 is 0 Å². The first-order chi connectivity index (χ1) is 8.55. The molecule has 1 saturated carbocycles. The highest BCUT2D eigenvalue weighted by molar-refractivity contribution is 7.91. The van der Waals surface area contributed by atoms with Crippen molar-refractivity contribution < 1.29 is 13.2 Å². The van der Waals surface area contributed by atoms with Crippen LogP contribution in [-0.4, -0.2) is 44.7 Å². The van der Waals surface area contributed by atoms with Gasteiger partial charge in [-0.2, -0.15) is 0 Å². The van der Waals surface area contributed by atoms with Crippen LogP contribution in [0, 0.1) is 0 Å². The van der Waals surface area contributed by atoms with E-state index in [1.807, 2.05) is 0 Å². The van der Waals surface area contributed by atoms with Crippen molar-refractivity contribution in [2.45, 2.75) is 57.2 Å². The summed E-state index contributed by atoms with van der Waals surface area (Å²) in [7, 11) is -2.84. The van der Waals surface area contributed by atoms with E-state index in [1.165, 1.54) is 32.1 Å². The summed E-state index contributed by atoms with van der Waals surface area (Å²) in [5.74, 6) is 0.471. The SMILES string of the molecule is CCS(=O)(=O)CCNCC1CCC2(CCCC2)O1. The Morgan fingerprint density at radius 2 is 2.00 bits per heavy atom. The van der Waals surface area contributed by atoms with Gasteiger partial charge in [-0.3, -0.25) is 0 Å². The summed E-state index contributed by atoms with van der Waals surface area (Å²) in [6.07, 6.45) is 7.62. The van der Waals surface area contributed by atoms with Gasteiger partial charge in [-0.1, -0.05) is 19.8 Å². The molecule has 5 heteroatoms. The Morgan fingerprint density at radius 1 is 1.28 bits per heavy atom. The van der Waals surface area contributed by atoms with E-state index >= 15 is 0 Å². The molecule has 0 radical (unpaired) electrons. The third kappa shape index (κ3) is 3.68. The lowest BCUT2D eigenvalue weighted by atomic mass is 9.98. The monoisotopic (exact) mass is 275 g/mol. The van der Waals surface area contributed by atoms with Crippen LogP contribution in [0.25, 0.3) is 0 Å². The minimum atomic E-state index is -2.84. The minimum absolute atomic E-state index is 0.182. The van der Waals surface area contributed by atoms with E-state index in [0.29, 0.717) is 6.54 Å². The number of rotatable bonds is 6. The van der Waals surface area contributed by atoms with Gasteiger partial charge in [-0.25, -0.2) is 8.42 Å². The lowest BCUT2D eigenvalue weighted by molar-refractivity contribution is -0.0349. The van der Waals surface area contributed by atoms with Gasteiger partial charge in [0.05, 0.1) is 17.5 Å². The fourth-order valence-electron chi connectivity index (χ4n) is 3.06. The van der Waals surface area contributed by atoms with Crippen molar-refractivity contribution in [3.8, 4) is 0 Å². The molecule has 4 nitrogen and oxygen atoms in total. The Morgan fingerprint density at radius 3 is 2.67 bits per heavy atom. The summed E-state index contributed by atoms with van der Waals surface area (Å²) in [6.45, 7) is 3.03. The highest BCUT2D eigenvalue weighted by Crippen LogP contribution is 2.43. The third-order valence-electron chi connectivity index (χ3n) is 4.26. The Labute approximate surface area is 110 Å². The Kier molecular flexibility index (Phi) is 4.67. The first-order valence-electron chi connectivity index (χ1n) is 7.14. The zero-order valence-corrected chi connectivity index (χ0v) is 12.1. The average molecular weight is 275 g/mol. The van der Waals surface area contributed by atoms with Crippen molar-refractivity contribution in [3.05, 3.63) is 0 Å². The summed E-state index contributed by atoms with van der Waals surface area (Å²) < 4.78 is 28.8. The van der Waals surface area contributed by atoms with Crippen LogP contribution in [0.5, 0.6) is 0 Å². The molecular weight excluding hydrogens is 250 g/mol. The molecule has 1 saturated heterocycles. The zero-order valence-electron chi connectivity index (χ0n) is 11.3. The van der Waals surface area contributed by atoms with Crippen LogP contribution in [0.2, 0.25) is 0 Å². The van der Waals surface area contributed by atoms with Gasteiger partial charge in [-0.15, -0.1) is 0 Å². The fraction of sp³-hybridized carbons (Fsp3) is 1.00. The Balaban J connectivity index is 1.64. The maximum Gasteiger partial charge on any atom is 0.151 e. The quantitative estimate of drug-likeness (QED) is 0.746. The second-order valence-corrected chi connectivity index (χ2v) is 8.08. The van der Waals surface area contributed by atoms with E-state index in [9.17, 15) is 8.42 Å². The Bertz CT molecular complexity index is 360. The molecule has 1 heterocycles. The summed E-state index contributed by atoms with van der Waals surface area (Å²) in [6, 6.07) is 0.